The van der Waals surface area contributed by atoms with Crippen LogP contribution in [0.2, 0.25) is 13.1 Å². The molecule has 5 nitrogen and oxygen atoms in total. The van der Waals surface area contributed by atoms with Crippen LogP contribution in [-0.4, -0.2) is 43.4 Å². The lowest BCUT2D eigenvalue weighted by Gasteiger charge is -2.47. The van der Waals surface area contributed by atoms with E-state index in [1.54, 1.807) is 59.0 Å². The average Bonchev–Trinajstić information content (AvgIpc) is 3.28. The van der Waals surface area contributed by atoms with Gasteiger partial charge in [0.2, 0.25) is 14.7 Å². The molecule has 0 aliphatic heterocycles. The van der Waals surface area contributed by atoms with E-state index in [0.717, 1.165) is 10.9 Å². The van der Waals surface area contributed by atoms with Gasteiger partial charge in [-0.1, -0.05) is 51.1 Å². The van der Waals surface area contributed by atoms with Crippen LogP contribution in [0.25, 0.3) is 16.7 Å². The van der Waals surface area contributed by atoms with Gasteiger partial charge in [0.05, 0.1) is 30.2 Å². The van der Waals surface area contributed by atoms with Gasteiger partial charge in [-0.15, -0.1) is 0 Å². The molecule has 3 unspecified atom stereocenters. The van der Waals surface area contributed by atoms with Crippen LogP contribution in [0.4, 0.5) is 17.6 Å². The number of alkyl halides is 1. The number of rotatable bonds is 6. The van der Waals surface area contributed by atoms with E-state index < -0.39 is 61.3 Å². The van der Waals surface area contributed by atoms with Gasteiger partial charge in [-0.3, -0.25) is 4.57 Å². The molecule has 1 aliphatic rings. The van der Waals surface area contributed by atoms with Gasteiger partial charge < -0.3 is 9.16 Å². The van der Waals surface area contributed by atoms with Crippen molar-refractivity contribution >= 4 is 31.7 Å². The minimum absolute atomic E-state index is 0.0571. The zero-order chi connectivity index (χ0) is 28.9. The number of nitrogens with zero attached hydrogens (tertiary/aromatic N) is 2. The zero-order valence-electron chi connectivity index (χ0n) is 22.9. The van der Waals surface area contributed by atoms with Gasteiger partial charge in [0.15, 0.2) is 11.7 Å². The van der Waals surface area contributed by atoms with Crippen molar-refractivity contribution in [2.45, 2.75) is 58.5 Å². The monoisotopic (exact) mass is 559 g/mol. The molecule has 1 heterocycles. The van der Waals surface area contributed by atoms with Gasteiger partial charge in [0.25, 0.3) is 0 Å². The van der Waals surface area contributed by atoms with Gasteiger partial charge in [-0.2, -0.15) is 0 Å². The number of hydrogen-bond donors (Lipinski definition) is 0. The second-order valence-corrected chi connectivity index (χ2v) is 13.0. The molecule has 39 heavy (non-hydrogen) atoms. The van der Waals surface area contributed by atoms with E-state index in [-0.39, 0.29) is 22.2 Å². The molecule has 0 saturated carbocycles. The van der Waals surface area contributed by atoms with Gasteiger partial charge in [-0.05, 0) is 48.7 Å². The number of methoxy groups -OCH3 is 1. The lowest BCUT2D eigenvalue weighted by atomic mass is 9.68. The molecule has 0 fully saturated rings. The molecule has 4 rings (SSSR count). The summed E-state index contributed by atoms with van der Waals surface area (Å²) in [6.45, 7) is 10.2. The van der Waals surface area contributed by atoms with E-state index in [2.05, 4.69) is 4.98 Å². The predicted molar refractivity (Wildman–Crippen MR) is 144 cm³/mol. The summed E-state index contributed by atoms with van der Waals surface area (Å²) < 4.78 is 78.6. The average molecular weight is 560 g/mol. The van der Waals surface area contributed by atoms with Gasteiger partial charge in [0.1, 0.15) is 23.4 Å². The number of halogens is 4. The summed E-state index contributed by atoms with van der Waals surface area (Å²) >= 11 is 0. The van der Waals surface area contributed by atoms with E-state index in [0.29, 0.717) is 5.56 Å². The first-order valence-corrected chi connectivity index (χ1v) is 14.9. The molecule has 0 saturated heterocycles. The molecule has 3 atom stereocenters. The molecule has 1 aromatic heterocycles. The van der Waals surface area contributed by atoms with Gasteiger partial charge >= 0.3 is 5.97 Å². The Bertz CT molecular complexity index is 1480. The summed E-state index contributed by atoms with van der Waals surface area (Å²) in [5, 5.41) is 0. The van der Waals surface area contributed by atoms with Crippen molar-refractivity contribution in [3.63, 3.8) is 0 Å². The molecule has 10 heteroatoms. The highest BCUT2D eigenvalue weighted by Crippen LogP contribution is 2.57. The van der Waals surface area contributed by atoms with Crippen LogP contribution in [0.15, 0.2) is 66.3 Å². The molecule has 1 radical (unpaired) electrons. The topological polar surface area (TPSA) is 53.3 Å². The SMILES string of the molecule is COC(=O)c1cc(C)cc2c1ncn2C1=C(F)C(F)(C(O[Si](C)C)C(C)(C)C)C(c2ccccc2)C(F)=C1F. The van der Waals surface area contributed by atoms with E-state index in [1.165, 1.54) is 31.4 Å². The number of carbonyl (C=O) groups is 1. The van der Waals surface area contributed by atoms with Crippen molar-refractivity contribution in [1.82, 2.24) is 9.55 Å². The van der Waals surface area contributed by atoms with Crippen molar-refractivity contribution in [2.75, 3.05) is 7.11 Å². The number of fused-ring (bicyclic) bond motifs is 1. The van der Waals surface area contributed by atoms with Crippen LogP contribution < -0.4 is 0 Å². The van der Waals surface area contributed by atoms with E-state index in [9.17, 15) is 4.79 Å². The summed E-state index contributed by atoms with van der Waals surface area (Å²) in [6.07, 6.45) is -0.432. The maximum Gasteiger partial charge on any atom is 0.340 e. The number of benzene rings is 2. The molecular formula is C29H31F4N2O3Si. The van der Waals surface area contributed by atoms with Crippen molar-refractivity contribution in [3.8, 4) is 0 Å². The fraction of sp³-hybridized carbons (Fsp3) is 0.379. The zero-order valence-corrected chi connectivity index (χ0v) is 23.9. The van der Waals surface area contributed by atoms with Crippen LogP contribution in [0.5, 0.6) is 0 Å². The summed E-state index contributed by atoms with van der Waals surface area (Å²) in [4.78, 5) is 16.5. The molecule has 0 N–H and O–H groups in total. The molecule has 0 amide bonds. The van der Waals surface area contributed by atoms with Gasteiger partial charge in [0, 0.05) is 0 Å². The van der Waals surface area contributed by atoms with E-state index in [4.69, 9.17) is 9.16 Å². The number of hydrogen-bond acceptors (Lipinski definition) is 4. The maximum atomic E-state index is 17.8. The van der Waals surface area contributed by atoms with Crippen molar-refractivity contribution < 1.29 is 31.5 Å². The van der Waals surface area contributed by atoms with Crippen LogP contribution in [0, 0.1) is 12.3 Å². The van der Waals surface area contributed by atoms with Crippen molar-refractivity contribution in [1.29, 1.82) is 0 Å². The number of aryl methyl sites for hydroxylation is 1. The summed E-state index contributed by atoms with van der Waals surface area (Å²) in [5.41, 5.74) is -4.24. The van der Waals surface area contributed by atoms with Crippen LogP contribution in [0.1, 0.15) is 48.2 Å². The third-order valence-electron chi connectivity index (χ3n) is 6.73. The number of ether oxygens (including phenoxy) is 1. The molecule has 2 aromatic carbocycles. The Hall–Kier alpha value is -3.24. The fourth-order valence-corrected chi connectivity index (χ4v) is 6.17. The van der Waals surface area contributed by atoms with E-state index in [1.807, 2.05) is 0 Å². The number of esters is 1. The second kappa shape index (κ2) is 10.4. The lowest BCUT2D eigenvalue weighted by Crippen LogP contribution is -2.55. The second-order valence-electron chi connectivity index (χ2n) is 11.0. The largest absolute Gasteiger partial charge is 0.465 e. The number of imidazole rings is 1. The van der Waals surface area contributed by atoms with Crippen LogP contribution in [-0.2, 0) is 9.16 Å². The summed E-state index contributed by atoms with van der Waals surface area (Å²) in [6, 6.07) is 10.7. The molecule has 0 spiro atoms. The first kappa shape index (κ1) is 28.8. The molecule has 1 aliphatic carbocycles. The van der Waals surface area contributed by atoms with E-state index >= 15 is 17.6 Å². The predicted octanol–water partition coefficient (Wildman–Crippen LogP) is 7.61. The third-order valence-corrected chi connectivity index (χ3v) is 7.44. The summed E-state index contributed by atoms with van der Waals surface area (Å²) in [7, 11) is -0.426. The van der Waals surface area contributed by atoms with Crippen molar-refractivity contribution in [2.24, 2.45) is 5.41 Å². The number of carbonyl (C=O) groups excluding carboxylic acids is 1. The quantitative estimate of drug-likeness (QED) is 0.177. The molecule has 207 valence electrons. The normalized spacial score (nSPS) is 21.2. The summed E-state index contributed by atoms with van der Waals surface area (Å²) in [5.74, 6) is -7.17. The Kier molecular flexibility index (Phi) is 7.66. The molecule has 0 bridgehead atoms. The highest BCUT2D eigenvalue weighted by atomic mass is 28.3. The Morgan fingerprint density at radius 1 is 1.13 bits per heavy atom. The molecule has 3 aromatic rings. The highest BCUT2D eigenvalue weighted by Gasteiger charge is 2.61. The first-order valence-electron chi connectivity index (χ1n) is 12.5. The number of aromatic nitrogens is 2. The van der Waals surface area contributed by atoms with Crippen LogP contribution >= 0.6 is 0 Å². The third kappa shape index (κ3) is 4.84. The van der Waals surface area contributed by atoms with Crippen molar-refractivity contribution in [3.05, 3.63) is 83.0 Å². The minimum Gasteiger partial charge on any atom is -0.465 e. The lowest BCUT2D eigenvalue weighted by molar-refractivity contribution is -0.0591. The van der Waals surface area contributed by atoms with Crippen LogP contribution in [0.3, 0.4) is 0 Å². The fourth-order valence-electron chi connectivity index (χ4n) is 5.17. The molecular weight excluding hydrogens is 528 g/mol. The highest BCUT2D eigenvalue weighted by molar-refractivity contribution is 6.48. The maximum absolute atomic E-state index is 17.8. The minimum atomic E-state index is -3.12. The number of allylic oxidation sites excluding steroid dienone is 3. The Labute approximate surface area is 226 Å². The Balaban J connectivity index is 2.09. The Morgan fingerprint density at radius 3 is 2.33 bits per heavy atom. The first-order chi connectivity index (χ1) is 18.2. The smallest absolute Gasteiger partial charge is 0.340 e. The standard InChI is InChI=1S/C29H31F4N2O3Si/c1-16-13-18(26(36)37-5)23-19(14-16)35(15-34-23)24-22(31)21(30)20(17-11-9-8-10-12-17)29(33,25(24)32)27(28(2,3)4)38-39(6)7/h8-15,20,27H,1-7H3. The Morgan fingerprint density at radius 2 is 1.77 bits per heavy atom. The van der Waals surface area contributed by atoms with Gasteiger partial charge in [-0.25, -0.2) is 27.3 Å².